The van der Waals surface area contributed by atoms with E-state index in [0.29, 0.717) is 46.2 Å². The number of carbonyl (C=O) groups excluding carboxylic acids is 1. The summed E-state index contributed by atoms with van der Waals surface area (Å²) in [6.07, 6.45) is 0.582. The number of ether oxygens (including phenoxy) is 2. The van der Waals surface area contributed by atoms with Crippen molar-refractivity contribution in [2.24, 2.45) is 0 Å². The molecule has 0 saturated heterocycles. The van der Waals surface area contributed by atoms with Gasteiger partial charge in [-0.05, 0) is 60.5 Å². The molecular formula is C28H30N4O4S. The van der Waals surface area contributed by atoms with Gasteiger partial charge in [-0.15, -0.1) is 0 Å². The molecule has 0 radical (unpaired) electrons. The Hall–Kier alpha value is -3.98. The van der Waals surface area contributed by atoms with Crippen LogP contribution in [-0.4, -0.2) is 49.5 Å². The number of carbonyl (C=O) groups is 1. The van der Waals surface area contributed by atoms with Crippen LogP contribution in [-0.2, 0) is 17.8 Å². The first-order valence-electron chi connectivity index (χ1n) is 11.8. The Kier molecular flexibility index (Phi) is 8.35. The highest BCUT2D eigenvalue weighted by Gasteiger charge is 2.14. The fraction of sp³-hybridized carbons (Fsp3) is 0.250. The monoisotopic (exact) mass is 518 g/mol. The van der Waals surface area contributed by atoms with Gasteiger partial charge in [-0.3, -0.25) is 14.2 Å². The van der Waals surface area contributed by atoms with Crippen molar-refractivity contribution in [2.45, 2.75) is 18.1 Å². The first-order chi connectivity index (χ1) is 17.9. The van der Waals surface area contributed by atoms with E-state index in [1.165, 1.54) is 11.8 Å². The Labute approximate surface area is 220 Å². The third-order valence-corrected chi connectivity index (χ3v) is 6.87. The summed E-state index contributed by atoms with van der Waals surface area (Å²) in [7, 11) is 7.11. The molecule has 4 aromatic rings. The van der Waals surface area contributed by atoms with Crippen LogP contribution < -0.4 is 25.2 Å². The number of anilines is 2. The Morgan fingerprint density at radius 2 is 1.73 bits per heavy atom. The van der Waals surface area contributed by atoms with Gasteiger partial charge in [0.15, 0.2) is 16.7 Å². The Morgan fingerprint density at radius 1 is 1.00 bits per heavy atom. The number of nitrogens with one attached hydrogen (secondary N) is 1. The molecule has 0 saturated carbocycles. The molecule has 8 nitrogen and oxygen atoms in total. The van der Waals surface area contributed by atoms with E-state index in [9.17, 15) is 9.59 Å². The van der Waals surface area contributed by atoms with Crippen LogP contribution in [0.4, 0.5) is 11.4 Å². The van der Waals surface area contributed by atoms with Crippen molar-refractivity contribution in [3.05, 3.63) is 82.6 Å². The maximum Gasteiger partial charge on any atom is 0.262 e. The van der Waals surface area contributed by atoms with Crippen molar-refractivity contribution in [2.75, 3.05) is 44.3 Å². The lowest BCUT2D eigenvalue weighted by molar-refractivity contribution is -0.113. The molecule has 0 bridgehead atoms. The highest BCUT2D eigenvalue weighted by Crippen LogP contribution is 2.28. The predicted molar refractivity (Wildman–Crippen MR) is 149 cm³/mol. The Balaban J connectivity index is 1.53. The van der Waals surface area contributed by atoms with E-state index >= 15 is 0 Å². The van der Waals surface area contributed by atoms with Crippen molar-refractivity contribution < 1.29 is 14.3 Å². The molecule has 37 heavy (non-hydrogen) atoms. The first kappa shape index (κ1) is 26.1. The zero-order chi connectivity index (χ0) is 26.4. The van der Waals surface area contributed by atoms with Gasteiger partial charge in [0.05, 0.1) is 30.9 Å². The van der Waals surface area contributed by atoms with Gasteiger partial charge in [0, 0.05) is 32.0 Å². The lowest BCUT2D eigenvalue weighted by Crippen LogP contribution is -2.25. The topological polar surface area (TPSA) is 85.7 Å². The van der Waals surface area contributed by atoms with Crippen LogP contribution in [0.1, 0.15) is 5.56 Å². The molecule has 1 aromatic heterocycles. The molecule has 0 unspecified atom stereocenters. The zero-order valence-corrected chi connectivity index (χ0v) is 22.2. The van der Waals surface area contributed by atoms with Crippen molar-refractivity contribution in [1.82, 2.24) is 9.55 Å². The normalized spacial score (nSPS) is 10.8. The summed E-state index contributed by atoms with van der Waals surface area (Å²) >= 11 is 1.25. The summed E-state index contributed by atoms with van der Waals surface area (Å²) in [5, 5.41) is 3.96. The number of aromatic nitrogens is 2. The number of aryl methyl sites for hydroxylation is 1. The van der Waals surface area contributed by atoms with E-state index in [-0.39, 0.29) is 17.2 Å². The fourth-order valence-corrected chi connectivity index (χ4v) is 4.73. The zero-order valence-electron chi connectivity index (χ0n) is 21.4. The van der Waals surface area contributed by atoms with E-state index in [2.05, 4.69) is 5.32 Å². The summed E-state index contributed by atoms with van der Waals surface area (Å²) in [5.74, 6) is 1.23. The largest absolute Gasteiger partial charge is 0.493 e. The fourth-order valence-electron chi connectivity index (χ4n) is 3.90. The smallest absolute Gasteiger partial charge is 0.262 e. The predicted octanol–water partition coefficient (Wildman–Crippen LogP) is 4.45. The van der Waals surface area contributed by atoms with E-state index in [1.54, 1.807) is 24.9 Å². The minimum Gasteiger partial charge on any atom is -0.493 e. The third-order valence-electron chi connectivity index (χ3n) is 5.90. The summed E-state index contributed by atoms with van der Waals surface area (Å²) in [4.78, 5) is 32.8. The van der Waals surface area contributed by atoms with Crippen LogP contribution in [0.15, 0.2) is 76.7 Å². The third kappa shape index (κ3) is 6.24. The van der Waals surface area contributed by atoms with Crippen LogP contribution in [0.5, 0.6) is 11.5 Å². The van der Waals surface area contributed by atoms with Gasteiger partial charge in [-0.25, -0.2) is 4.98 Å². The van der Waals surface area contributed by atoms with Crippen LogP contribution in [0.3, 0.4) is 0 Å². The van der Waals surface area contributed by atoms with Gasteiger partial charge >= 0.3 is 0 Å². The average Bonchev–Trinajstić information content (AvgIpc) is 2.91. The van der Waals surface area contributed by atoms with Gasteiger partial charge < -0.3 is 19.7 Å². The van der Waals surface area contributed by atoms with Gasteiger partial charge in [-0.2, -0.15) is 0 Å². The summed E-state index contributed by atoms with van der Waals surface area (Å²) in [6, 6.07) is 20.6. The second-order valence-corrected chi connectivity index (χ2v) is 9.53. The average molecular weight is 519 g/mol. The van der Waals surface area contributed by atoms with Crippen LogP contribution in [0.2, 0.25) is 0 Å². The van der Waals surface area contributed by atoms with Crippen LogP contribution in [0, 0.1) is 0 Å². The lowest BCUT2D eigenvalue weighted by atomic mass is 10.1. The molecule has 0 aliphatic rings. The minimum absolute atomic E-state index is 0.122. The minimum atomic E-state index is -0.170. The van der Waals surface area contributed by atoms with Crippen molar-refractivity contribution >= 4 is 39.9 Å². The van der Waals surface area contributed by atoms with E-state index in [1.807, 2.05) is 79.7 Å². The first-order valence-corrected chi connectivity index (χ1v) is 12.8. The second-order valence-electron chi connectivity index (χ2n) is 8.59. The standard InChI is InChI=1S/C28H30N4O4S/c1-31(2)21-12-10-20(11-13-21)29-26(33)18-37-28-30-23-8-6-5-7-22(23)27(34)32(28)16-15-19-9-14-24(35-3)25(17-19)36-4/h5-14,17H,15-16,18H2,1-4H3,(H,29,33). The Bertz CT molecular complexity index is 1450. The van der Waals surface area contributed by atoms with Crippen LogP contribution >= 0.6 is 11.8 Å². The van der Waals surface area contributed by atoms with Crippen molar-refractivity contribution in [3.8, 4) is 11.5 Å². The number of methoxy groups -OCH3 is 2. The molecule has 0 atom stereocenters. The van der Waals surface area contributed by atoms with Gasteiger partial charge in [-0.1, -0.05) is 30.0 Å². The number of hydrogen-bond acceptors (Lipinski definition) is 7. The number of hydrogen-bond donors (Lipinski definition) is 1. The molecular weight excluding hydrogens is 488 g/mol. The van der Waals surface area contributed by atoms with E-state index < -0.39 is 0 Å². The molecule has 4 rings (SSSR count). The summed E-state index contributed by atoms with van der Waals surface area (Å²) in [6.45, 7) is 0.405. The molecule has 192 valence electrons. The molecule has 0 fully saturated rings. The van der Waals surface area contributed by atoms with Gasteiger partial charge in [0.25, 0.3) is 5.56 Å². The number of fused-ring (bicyclic) bond motifs is 1. The Morgan fingerprint density at radius 3 is 2.43 bits per heavy atom. The van der Waals surface area contributed by atoms with Gasteiger partial charge in [0.2, 0.25) is 5.91 Å². The maximum atomic E-state index is 13.4. The van der Waals surface area contributed by atoms with Gasteiger partial charge in [0.1, 0.15) is 0 Å². The molecule has 0 aliphatic carbocycles. The molecule has 1 N–H and O–H groups in total. The lowest BCUT2D eigenvalue weighted by Gasteiger charge is -2.15. The van der Waals surface area contributed by atoms with Crippen molar-refractivity contribution in [1.29, 1.82) is 0 Å². The molecule has 1 amide bonds. The summed E-state index contributed by atoms with van der Waals surface area (Å²) in [5.41, 5.74) is 3.23. The van der Waals surface area contributed by atoms with E-state index in [0.717, 1.165) is 11.3 Å². The number of nitrogens with zero attached hydrogens (tertiary/aromatic N) is 3. The summed E-state index contributed by atoms with van der Waals surface area (Å²) < 4.78 is 12.4. The van der Waals surface area contributed by atoms with Crippen molar-refractivity contribution in [3.63, 3.8) is 0 Å². The number of amides is 1. The quantitative estimate of drug-likeness (QED) is 0.245. The highest BCUT2D eigenvalue weighted by atomic mass is 32.2. The van der Waals surface area contributed by atoms with Crippen LogP contribution in [0.25, 0.3) is 10.9 Å². The maximum absolute atomic E-state index is 13.4. The number of rotatable bonds is 10. The number of thioether (sulfide) groups is 1. The molecule has 0 aliphatic heterocycles. The number of benzene rings is 3. The molecule has 3 aromatic carbocycles. The highest BCUT2D eigenvalue weighted by molar-refractivity contribution is 7.99. The second kappa shape index (κ2) is 11.8. The molecule has 9 heteroatoms. The molecule has 0 spiro atoms. The van der Waals surface area contributed by atoms with E-state index in [4.69, 9.17) is 14.5 Å². The SMILES string of the molecule is COc1ccc(CCn2c(SCC(=O)Nc3ccc(N(C)C)cc3)nc3ccccc3c2=O)cc1OC. The molecule has 1 heterocycles. The number of para-hydroxylation sites is 1.